The van der Waals surface area contributed by atoms with E-state index in [1.54, 1.807) is 19.5 Å². The molecule has 2 rings (SSSR count). The van der Waals surface area contributed by atoms with Gasteiger partial charge in [-0.2, -0.15) is 0 Å². The fourth-order valence-corrected chi connectivity index (χ4v) is 2.31. The van der Waals surface area contributed by atoms with Crippen LogP contribution < -0.4 is 15.0 Å². The number of anilines is 1. The normalized spacial score (nSPS) is 24.1. The molecule has 1 saturated heterocycles. The molecule has 0 aliphatic carbocycles. The molecule has 5 nitrogen and oxygen atoms in total. The standard InChI is InChI=1S/C13H22N4O/c1-4-10-9-17(11(5-2)6-14-10)13-15-7-12(18-3)8-16-13/h7-8,10-11,14H,4-6,9H2,1-3H3. The Morgan fingerprint density at radius 1 is 1.33 bits per heavy atom. The van der Waals surface area contributed by atoms with Crippen molar-refractivity contribution in [3.05, 3.63) is 12.4 Å². The molecule has 0 spiro atoms. The first kappa shape index (κ1) is 13.1. The Kier molecular flexibility index (Phi) is 4.36. The Labute approximate surface area is 109 Å². The minimum absolute atomic E-state index is 0.473. The van der Waals surface area contributed by atoms with E-state index < -0.39 is 0 Å². The molecule has 0 saturated carbocycles. The summed E-state index contributed by atoms with van der Waals surface area (Å²) in [4.78, 5) is 11.1. The lowest BCUT2D eigenvalue weighted by atomic mass is 10.1. The highest BCUT2D eigenvalue weighted by Crippen LogP contribution is 2.19. The zero-order valence-corrected chi connectivity index (χ0v) is 11.4. The Morgan fingerprint density at radius 2 is 2.06 bits per heavy atom. The molecule has 0 aromatic carbocycles. The molecule has 1 aliphatic heterocycles. The van der Waals surface area contributed by atoms with Crippen molar-refractivity contribution >= 4 is 5.95 Å². The maximum Gasteiger partial charge on any atom is 0.225 e. The van der Waals surface area contributed by atoms with Crippen molar-refractivity contribution < 1.29 is 4.74 Å². The van der Waals surface area contributed by atoms with Gasteiger partial charge < -0.3 is 15.0 Å². The second-order valence-corrected chi connectivity index (χ2v) is 4.65. The lowest BCUT2D eigenvalue weighted by Crippen LogP contribution is -2.56. The van der Waals surface area contributed by atoms with E-state index in [0.29, 0.717) is 17.8 Å². The first-order valence-electron chi connectivity index (χ1n) is 6.64. The van der Waals surface area contributed by atoms with Gasteiger partial charge in [0.15, 0.2) is 5.75 Å². The van der Waals surface area contributed by atoms with Crippen LogP contribution in [0.5, 0.6) is 5.75 Å². The molecule has 2 atom stereocenters. The summed E-state index contributed by atoms with van der Waals surface area (Å²) in [5.41, 5.74) is 0. The van der Waals surface area contributed by atoms with Crippen LogP contribution in [0.15, 0.2) is 12.4 Å². The molecule has 1 aromatic heterocycles. The van der Waals surface area contributed by atoms with Crippen LogP contribution >= 0.6 is 0 Å². The van der Waals surface area contributed by atoms with E-state index in [1.807, 2.05) is 0 Å². The van der Waals surface area contributed by atoms with E-state index in [2.05, 4.69) is 34.0 Å². The Hall–Kier alpha value is -1.36. The van der Waals surface area contributed by atoms with E-state index in [-0.39, 0.29) is 0 Å². The summed E-state index contributed by atoms with van der Waals surface area (Å²) in [5.74, 6) is 1.51. The molecule has 1 N–H and O–H groups in total. The number of nitrogens with zero attached hydrogens (tertiary/aromatic N) is 3. The van der Waals surface area contributed by atoms with Crippen LogP contribution in [0.3, 0.4) is 0 Å². The molecule has 2 heterocycles. The van der Waals surface area contributed by atoms with Gasteiger partial charge in [0.2, 0.25) is 5.95 Å². The Balaban J connectivity index is 2.15. The third kappa shape index (κ3) is 2.72. The summed E-state index contributed by atoms with van der Waals surface area (Å²) in [6.45, 7) is 6.39. The zero-order chi connectivity index (χ0) is 13.0. The second kappa shape index (κ2) is 6.00. The molecular formula is C13H22N4O. The average Bonchev–Trinajstić information content (AvgIpc) is 2.46. The van der Waals surface area contributed by atoms with Crippen LogP contribution in [-0.2, 0) is 0 Å². The van der Waals surface area contributed by atoms with Crippen LogP contribution in [-0.4, -0.2) is 42.3 Å². The third-order valence-electron chi connectivity index (χ3n) is 3.57. The molecule has 1 aliphatic rings. The van der Waals surface area contributed by atoms with Gasteiger partial charge in [0.1, 0.15) is 0 Å². The summed E-state index contributed by atoms with van der Waals surface area (Å²) in [7, 11) is 1.63. The smallest absolute Gasteiger partial charge is 0.225 e. The van der Waals surface area contributed by atoms with Crippen molar-refractivity contribution in [3.8, 4) is 5.75 Å². The lowest BCUT2D eigenvalue weighted by Gasteiger charge is -2.39. The van der Waals surface area contributed by atoms with Crippen molar-refractivity contribution in [2.24, 2.45) is 0 Å². The van der Waals surface area contributed by atoms with Gasteiger partial charge in [-0.05, 0) is 12.8 Å². The van der Waals surface area contributed by atoms with Gasteiger partial charge >= 0.3 is 0 Å². The number of rotatable bonds is 4. The van der Waals surface area contributed by atoms with Gasteiger partial charge in [0, 0.05) is 25.2 Å². The van der Waals surface area contributed by atoms with Gasteiger partial charge in [0.25, 0.3) is 0 Å². The largest absolute Gasteiger partial charge is 0.494 e. The molecule has 0 amide bonds. The molecule has 2 unspecified atom stereocenters. The minimum Gasteiger partial charge on any atom is -0.494 e. The van der Waals surface area contributed by atoms with E-state index >= 15 is 0 Å². The van der Waals surface area contributed by atoms with Gasteiger partial charge in [-0.1, -0.05) is 13.8 Å². The van der Waals surface area contributed by atoms with Crippen molar-refractivity contribution in [2.75, 3.05) is 25.1 Å². The predicted octanol–water partition coefficient (Wildman–Crippen LogP) is 1.45. The molecule has 18 heavy (non-hydrogen) atoms. The lowest BCUT2D eigenvalue weighted by molar-refractivity contribution is 0.373. The molecule has 1 aromatic rings. The van der Waals surface area contributed by atoms with E-state index in [0.717, 1.165) is 31.9 Å². The van der Waals surface area contributed by atoms with Crippen LogP contribution in [0.2, 0.25) is 0 Å². The molecular weight excluding hydrogens is 228 g/mol. The van der Waals surface area contributed by atoms with E-state index in [9.17, 15) is 0 Å². The second-order valence-electron chi connectivity index (χ2n) is 4.65. The molecule has 1 fully saturated rings. The van der Waals surface area contributed by atoms with Gasteiger partial charge in [0.05, 0.1) is 19.5 Å². The highest BCUT2D eigenvalue weighted by atomic mass is 16.5. The fourth-order valence-electron chi connectivity index (χ4n) is 2.31. The summed E-state index contributed by atoms with van der Waals surface area (Å²) in [5, 5.41) is 3.57. The minimum atomic E-state index is 0.473. The van der Waals surface area contributed by atoms with Crippen molar-refractivity contribution in [2.45, 2.75) is 38.8 Å². The number of ether oxygens (including phenoxy) is 1. The topological polar surface area (TPSA) is 50.3 Å². The van der Waals surface area contributed by atoms with Crippen LogP contribution in [0, 0.1) is 0 Å². The number of methoxy groups -OCH3 is 1. The summed E-state index contributed by atoms with van der Waals surface area (Å²) in [6.07, 6.45) is 5.69. The molecule has 0 radical (unpaired) electrons. The predicted molar refractivity (Wildman–Crippen MR) is 72.1 cm³/mol. The summed E-state index contributed by atoms with van der Waals surface area (Å²) < 4.78 is 5.10. The van der Waals surface area contributed by atoms with Gasteiger partial charge in [-0.25, -0.2) is 9.97 Å². The fraction of sp³-hybridized carbons (Fsp3) is 0.692. The maximum absolute atomic E-state index is 5.10. The van der Waals surface area contributed by atoms with Crippen LogP contribution in [0.4, 0.5) is 5.95 Å². The molecule has 0 bridgehead atoms. The van der Waals surface area contributed by atoms with Gasteiger partial charge in [-0.15, -0.1) is 0 Å². The monoisotopic (exact) mass is 250 g/mol. The first-order valence-corrected chi connectivity index (χ1v) is 6.64. The number of aromatic nitrogens is 2. The summed E-state index contributed by atoms with van der Waals surface area (Å²) >= 11 is 0. The Bertz CT molecular complexity index is 368. The van der Waals surface area contributed by atoms with E-state index in [1.165, 1.54) is 0 Å². The molecule has 5 heteroatoms. The van der Waals surface area contributed by atoms with Crippen molar-refractivity contribution in [1.29, 1.82) is 0 Å². The highest BCUT2D eigenvalue weighted by molar-refractivity contribution is 5.34. The highest BCUT2D eigenvalue weighted by Gasteiger charge is 2.27. The summed E-state index contributed by atoms with van der Waals surface area (Å²) in [6, 6.07) is 1.000. The van der Waals surface area contributed by atoms with Crippen molar-refractivity contribution in [1.82, 2.24) is 15.3 Å². The number of piperazine rings is 1. The van der Waals surface area contributed by atoms with Gasteiger partial charge in [-0.3, -0.25) is 0 Å². The zero-order valence-electron chi connectivity index (χ0n) is 11.4. The van der Waals surface area contributed by atoms with Crippen molar-refractivity contribution in [3.63, 3.8) is 0 Å². The number of hydrogen-bond donors (Lipinski definition) is 1. The first-order chi connectivity index (χ1) is 8.78. The average molecular weight is 250 g/mol. The Morgan fingerprint density at radius 3 is 2.61 bits per heavy atom. The number of nitrogens with one attached hydrogen (secondary N) is 1. The number of hydrogen-bond acceptors (Lipinski definition) is 5. The van der Waals surface area contributed by atoms with Crippen LogP contribution in [0.1, 0.15) is 26.7 Å². The maximum atomic E-state index is 5.10. The molecule has 100 valence electrons. The SMILES string of the molecule is CCC1CN(c2ncc(OC)cn2)C(CC)CN1. The quantitative estimate of drug-likeness (QED) is 0.876. The van der Waals surface area contributed by atoms with Crippen LogP contribution in [0.25, 0.3) is 0 Å². The van der Waals surface area contributed by atoms with E-state index in [4.69, 9.17) is 4.74 Å². The third-order valence-corrected chi connectivity index (χ3v) is 3.57.